The molecule has 0 saturated carbocycles. The lowest BCUT2D eigenvalue weighted by Crippen LogP contribution is -2.40. The summed E-state index contributed by atoms with van der Waals surface area (Å²) >= 11 is 1.53. The van der Waals surface area contributed by atoms with Gasteiger partial charge in [0, 0.05) is 50.6 Å². The Kier molecular flexibility index (Phi) is 8.32. The molecular weight excluding hydrogens is 432 g/mol. The molecule has 0 bridgehead atoms. The third-order valence-corrected chi connectivity index (χ3v) is 6.73. The largest absolute Gasteiger partial charge is 0.345 e. The Bertz CT molecular complexity index is 1160. The van der Waals surface area contributed by atoms with Crippen LogP contribution in [-0.4, -0.2) is 58.0 Å². The van der Waals surface area contributed by atoms with Crippen molar-refractivity contribution in [2.75, 3.05) is 20.6 Å². The van der Waals surface area contributed by atoms with Gasteiger partial charge in [-0.25, -0.2) is 4.98 Å². The van der Waals surface area contributed by atoms with Crippen molar-refractivity contribution in [3.8, 4) is 0 Å². The quantitative estimate of drug-likeness (QED) is 0.343. The third-order valence-electron chi connectivity index (χ3n) is 5.68. The summed E-state index contributed by atoms with van der Waals surface area (Å²) in [5.41, 5.74) is 2.38. The van der Waals surface area contributed by atoms with E-state index in [0.717, 1.165) is 12.1 Å². The zero-order chi connectivity index (χ0) is 24.1. The van der Waals surface area contributed by atoms with Crippen molar-refractivity contribution in [1.29, 1.82) is 0 Å². The highest BCUT2D eigenvalue weighted by atomic mass is 32.2. The van der Waals surface area contributed by atoms with Crippen LogP contribution in [0.5, 0.6) is 0 Å². The highest BCUT2D eigenvalue weighted by molar-refractivity contribution is 7.98. The number of nitrogens with zero attached hydrogens (tertiary/aromatic N) is 4. The first-order valence-corrected chi connectivity index (χ1v) is 12.4. The number of hydrogen-bond donors (Lipinski definition) is 0. The van der Waals surface area contributed by atoms with Gasteiger partial charge in [-0.15, -0.1) is 0 Å². The van der Waals surface area contributed by atoms with Gasteiger partial charge in [-0.05, 0) is 57.5 Å². The molecule has 1 amide bonds. The zero-order valence-corrected chi connectivity index (χ0v) is 21.2. The average Bonchev–Trinajstić information content (AvgIpc) is 2.78. The molecular formula is C26H34N4O2S. The SMILES string of the molecule is CC(C)N(CCn1c(SCc2cccc(C(=O)N(C)C)c2)nc2ccccc2c1=O)C(C)C. The minimum Gasteiger partial charge on any atom is -0.345 e. The average molecular weight is 467 g/mol. The van der Waals surface area contributed by atoms with Gasteiger partial charge in [0.05, 0.1) is 10.9 Å². The van der Waals surface area contributed by atoms with Crippen LogP contribution in [0.2, 0.25) is 0 Å². The molecule has 0 N–H and O–H groups in total. The molecule has 2 aromatic carbocycles. The summed E-state index contributed by atoms with van der Waals surface area (Å²) in [5.74, 6) is 0.599. The summed E-state index contributed by atoms with van der Waals surface area (Å²) in [5, 5.41) is 1.34. The predicted molar refractivity (Wildman–Crippen MR) is 137 cm³/mol. The van der Waals surface area contributed by atoms with Crippen molar-refractivity contribution in [3.63, 3.8) is 0 Å². The standard InChI is InChI=1S/C26H34N4O2S/c1-18(2)29(19(3)4)14-15-30-25(32)22-12-7-8-13-23(22)27-26(30)33-17-20-10-9-11-21(16-20)24(31)28(5)6/h7-13,16,18-19H,14-15,17H2,1-6H3. The van der Waals surface area contributed by atoms with Gasteiger partial charge >= 0.3 is 0 Å². The summed E-state index contributed by atoms with van der Waals surface area (Å²) in [6, 6.07) is 15.9. The van der Waals surface area contributed by atoms with E-state index < -0.39 is 0 Å². The first kappa shape index (κ1) is 25.0. The molecule has 6 nitrogen and oxygen atoms in total. The maximum Gasteiger partial charge on any atom is 0.262 e. The van der Waals surface area contributed by atoms with Crippen LogP contribution in [0.15, 0.2) is 58.5 Å². The molecule has 3 aromatic rings. The number of benzene rings is 2. The van der Waals surface area contributed by atoms with Crippen molar-refractivity contribution in [2.45, 2.75) is 57.2 Å². The van der Waals surface area contributed by atoms with Crippen LogP contribution in [0, 0.1) is 0 Å². The van der Waals surface area contributed by atoms with Gasteiger partial charge in [0.25, 0.3) is 11.5 Å². The van der Waals surface area contributed by atoms with Crippen LogP contribution in [0.1, 0.15) is 43.6 Å². The Hall–Kier alpha value is -2.64. The van der Waals surface area contributed by atoms with Crippen molar-refractivity contribution in [1.82, 2.24) is 19.4 Å². The maximum absolute atomic E-state index is 13.4. The Balaban J connectivity index is 1.91. The predicted octanol–water partition coefficient (Wildman–Crippen LogP) is 4.51. The van der Waals surface area contributed by atoms with Gasteiger partial charge in [0.1, 0.15) is 0 Å². The summed E-state index contributed by atoms with van der Waals surface area (Å²) in [6.07, 6.45) is 0. The summed E-state index contributed by atoms with van der Waals surface area (Å²) in [4.78, 5) is 34.5. The van der Waals surface area contributed by atoms with E-state index in [9.17, 15) is 9.59 Å². The topological polar surface area (TPSA) is 58.4 Å². The van der Waals surface area contributed by atoms with Crippen molar-refractivity contribution >= 4 is 28.6 Å². The highest BCUT2D eigenvalue weighted by Gasteiger charge is 2.17. The van der Waals surface area contributed by atoms with E-state index in [1.54, 1.807) is 23.6 Å². The van der Waals surface area contributed by atoms with Crippen LogP contribution in [0.25, 0.3) is 10.9 Å². The number of fused-ring (bicyclic) bond motifs is 1. The molecule has 7 heteroatoms. The molecule has 0 spiro atoms. The first-order valence-electron chi connectivity index (χ1n) is 11.4. The molecule has 0 unspecified atom stereocenters. The zero-order valence-electron chi connectivity index (χ0n) is 20.4. The summed E-state index contributed by atoms with van der Waals surface area (Å²) < 4.78 is 1.81. The van der Waals surface area contributed by atoms with E-state index in [1.165, 1.54) is 11.8 Å². The molecule has 1 aromatic heterocycles. The van der Waals surface area contributed by atoms with Gasteiger partial charge in [-0.1, -0.05) is 36.0 Å². The molecule has 0 saturated heterocycles. The Morgan fingerprint density at radius 1 is 1.03 bits per heavy atom. The lowest BCUT2D eigenvalue weighted by atomic mass is 10.1. The van der Waals surface area contributed by atoms with Gasteiger partial charge < -0.3 is 4.90 Å². The fraction of sp³-hybridized carbons (Fsp3) is 0.423. The van der Waals surface area contributed by atoms with Crippen molar-refractivity contribution < 1.29 is 4.79 Å². The summed E-state index contributed by atoms with van der Waals surface area (Å²) in [6.45, 7) is 10.1. The van der Waals surface area contributed by atoms with Crippen LogP contribution >= 0.6 is 11.8 Å². The minimum atomic E-state index is -0.0231. The molecule has 0 aliphatic rings. The van der Waals surface area contributed by atoms with E-state index in [4.69, 9.17) is 4.98 Å². The monoisotopic (exact) mass is 466 g/mol. The number of hydrogen-bond acceptors (Lipinski definition) is 5. The lowest BCUT2D eigenvalue weighted by molar-refractivity contribution is 0.0827. The van der Waals surface area contributed by atoms with Crippen LogP contribution in [-0.2, 0) is 12.3 Å². The van der Waals surface area contributed by atoms with Crippen LogP contribution in [0.4, 0.5) is 0 Å². The molecule has 0 aliphatic heterocycles. The van der Waals surface area contributed by atoms with E-state index in [-0.39, 0.29) is 11.5 Å². The number of aromatic nitrogens is 2. The first-order chi connectivity index (χ1) is 15.7. The number of carbonyl (C=O) groups is 1. The molecule has 0 fully saturated rings. The number of thioether (sulfide) groups is 1. The smallest absolute Gasteiger partial charge is 0.262 e. The van der Waals surface area contributed by atoms with E-state index in [1.807, 2.05) is 48.5 Å². The lowest BCUT2D eigenvalue weighted by Gasteiger charge is -2.30. The van der Waals surface area contributed by atoms with E-state index >= 15 is 0 Å². The van der Waals surface area contributed by atoms with Crippen LogP contribution in [0.3, 0.4) is 0 Å². The second-order valence-corrected chi connectivity index (χ2v) is 9.92. The van der Waals surface area contributed by atoms with Crippen molar-refractivity contribution in [3.05, 3.63) is 70.0 Å². The van der Waals surface area contributed by atoms with E-state index in [2.05, 4.69) is 32.6 Å². The number of para-hydroxylation sites is 1. The molecule has 33 heavy (non-hydrogen) atoms. The number of rotatable bonds is 9. The minimum absolute atomic E-state index is 0.00732. The van der Waals surface area contributed by atoms with Gasteiger partial charge in [-0.2, -0.15) is 0 Å². The molecule has 0 radical (unpaired) electrons. The molecule has 0 atom stereocenters. The van der Waals surface area contributed by atoms with Crippen LogP contribution < -0.4 is 5.56 Å². The summed E-state index contributed by atoms with van der Waals surface area (Å²) in [7, 11) is 3.50. The van der Waals surface area contributed by atoms with Gasteiger partial charge in [0.15, 0.2) is 5.16 Å². The number of carbonyl (C=O) groups excluding carboxylic acids is 1. The second kappa shape index (κ2) is 11.0. The van der Waals surface area contributed by atoms with Gasteiger partial charge in [-0.3, -0.25) is 19.1 Å². The maximum atomic E-state index is 13.4. The fourth-order valence-corrected chi connectivity index (χ4v) is 4.95. The highest BCUT2D eigenvalue weighted by Crippen LogP contribution is 2.23. The molecule has 1 heterocycles. The second-order valence-electron chi connectivity index (χ2n) is 8.98. The third kappa shape index (κ3) is 6.03. The molecule has 0 aliphatic carbocycles. The molecule has 176 valence electrons. The Morgan fingerprint density at radius 2 is 1.73 bits per heavy atom. The Labute approximate surface area is 200 Å². The fourth-order valence-electron chi connectivity index (χ4n) is 3.98. The van der Waals surface area contributed by atoms with Gasteiger partial charge in [0.2, 0.25) is 0 Å². The number of amides is 1. The van der Waals surface area contributed by atoms with Crippen molar-refractivity contribution in [2.24, 2.45) is 0 Å². The van der Waals surface area contributed by atoms with E-state index in [0.29, 0.717) is 46.0 Å². The Morgan fingerprint density at radius 3 is 2.39 bits per heavy atom. The molecule has 3 rings (SSSR count). The normalized spacial score (nSPS) is 11.7.